The Labute approximate surface area is 87.2 Å². The quantitative estimate of drug-likeness (QED) is 0.679. The maximum absolute atomic E-state index is 11.9. The lowest BCUT2D eigenvalue weighted by Gasteiger charge is -2.19. The summed E-state index contributed by atoms with van der Waals surface area (Å²) in [5.74, 6) is -0.364. The van der Waals surface area contributed by atoms with Crippen LogP contribution in [0, 0.1) is 0 Å². The van der Waals surface area contributed by atoms with Gasteiger partial charge in [0, 0.05) is 26.4 Å². The van der Waals surface area contributed by atoms with Gasteiger partial charge in [0.15, 0.2) is 5.78 Å². The van der Waals surface area contributed by atoms with Gasteiger partial charge < -0.3 is 4.90 Å². The van der Waals surface area contributed by atoms with Crippen molar-refractivity contribution in [2.75, 3.05) is 14.1 Å². The number of pyridine rings is 1. The van der Waals surface area contributed by atoms with Crippen LogP contribution < -0.4 is 0 Å². The zero-order chi connectivity index (χ0) is 11.0. The lowest BCUT2D eigenvalue weighted by molar-refractivity contribution is 0.0958. The van der Waals surface area contributed by atoms with Crippen LogP contribution in [0.4, 0.5) is 0 Å². The molecule has 0 spiro atoms. The molecule has 0 amide bonds. The second-order valence-corrected chi connectivity index (χ2v) is 3.52. The Balaban J connectivity index is 2.59. The zero-order valence-electron chi connectivity index (χ0n) is 8.52. The number of carbonyl (C=O) groups is 2. The first-order chi connectivity index (χ1) is 7.11. The van der Waals surface area contributed by atoms with Gasteiger partial charge in [0.2, 0.25) is 5.78 Å². The van der Waals surface area contributed by atoms with Gasteiger partial charge in [-0.25, -0.2) is 0 Å². The van der Waals surface area contributed by atoms with Gasteiger partial charge in [0.05, 0.1) is 11.3 Å². The second-order valence-electron chi connectivity index (χ2n) is 3.52. The molecule has 0 N–H and O–H groups in total. The molecule has 0 atom stereocenters. The SMILES string of the molecule is CN(C)C1=CC(=O)c2cccnc2C1=O. The number of allylic oxidation sites excluding steroid dienone is 2. The zero-order valence-corrected chi connectivity index (χ0v) is 8.52. The molecule has 0 saturated carbocycles. The number of fused-ring (bicyclic) bond motifs is 1. The number of Topliss-reactive ketones (excluding diaryl/α,β-unsaturated/α-hetero) is 1. The molecule has 76 valence electrons. The highest BCUT2D eigenvalue weighted by Crippen LogP contribution is 2.19. The van der Waals surface area contributed by atoms with Gasteiger partial charge in [0.25, 0.3) is 0 Å². The number of carbonyl (C=O) groups excluding carboxylic acids is 2. The molecule has 0 radical (unpaired) electrons. The van der Waals surface area contributed by atoms with E-state index in [9.17, 15) is 9.59 Å². The molecule has 0 saturated heterocycles. The van der Waals surface area contributed by atoms with Crippen LogP contribution in [0.1, 0.15) is 20.8 Å². The second kappa shape index (κ2) is 3.31. The highest BCUT2D eigenvalue weighted by atomic mass is 16.1. The van der Waals surface area contributed by atoms with E-state index in [1.807, 2.05) is 0 Å². The van der Waals surface area contributed by atoms with Crippen LogP contribution in [-0.4, -0.2) is 35.5 Å². The highest BCUT2D eigenvalue weighted by molar-refractivity contribution is 6.23. The Bertz CT molecular complexity index is 475. The minimum Gasteiger partial charge on any atom is -0.374 e. The van der Waals surface area contributed by atoms with Crippen LogP contribution in [0.25, 0.3) is 0 Å². The summed E-state index contributed by atoms with van der Waals surface area (Å²) in [4.78, 5) is 29.1. The van der Waals surface area contributed by atoms with E-state index in [-0.39, 0.29) is 17.3 Å². The third-order valence-corrected chi connectivity index (χ3v) is 2.27. The average Bonchev–Trinajstić information content (AvgIpc) is 2.23. The molecule has 1 aromatic heterocycles. The fourth-order valence-corrected chi connectivity index (χ4v) is 1.51. The average molecular weight is 202 g/mol. The third kappa shape index (κ3) is 1.44. The molecule has 0 unspecified atom stereocenters. The molecule has 15 heavy (non-hydrogen) atoms. The predicted molar refractivity (Wildman–Crippen MR) is 54.7 cm³/mol. The van der Waals surface area contributed by atoms with E-state index in [1.54, 1.807) is 31.1 Å². The monoisotopic (exact) mass is 202 g/mol. The first kappa shape index (κ1) is 9.58. The summed E-state index contributed by atoms with van der Waals surface area (Å²) in [6.45, 7) is 0. The first-order valence-electron chi connectivity index (χ1n) is 4.54. The van der Waals surface area contributed by atoms with Crippen molar-refractivity contribution < 1.29 is 9.59 Å². The Morgan fingerprint density at radius 2 is 2.00 bits per heavy atom. The van der Waals surface area contributed by atoms with Gasteiger partial charge in [-0.2, -0.15) is 0 Å². The summed E-state index contributed by atoms with van der Waals surface area (Å²) in [6, 6.07) is 3.27. The topological polar surface area (TPSA) is 50.3 Å². The van der Waals surface area contributed by atoms with Gasteiger partial charge in [-0.05, 0) is 12.1 Å². The maximum atomic E-state index is 11.9. The number of hydrogen-bond acceptors (Lipinski definition) is 4. The lowest BCUT2D eigenvalue weighted by atomic mass is 9.97. The van der Waals surface area contributed by atoms with Crippen LogP contribution in [0.2, 0.25) is 0 Å². The summed E-state index contributed by atoms with van der Waals surface area (Å²) >= 11 is 0. The Kier molecular flexibility index (Phi) is 2.11. The van der Waals surface area contributed by atoms with Crippen LogP contribution in [0.15, 0.2) is 30.1 Å². The van der Waals surface area contributed by atoms with Gasteiger partial charge >= 0.3 is 0 Å². The molecule has 0 aromatic carbocycles. The van der Waals surface area contributed by atoms with Crippen LogP contribution in [-0.2, 0) is 0 Å². The van der Waals surface area contributed by atoms with Crippen molar-refractivity contribution in [1.82, 2.24) is 9.88 Å². The number of aromatic nitrogens is 1. The van der Waals surface area contributed by atoms with E-state index in [4.69, 9.17) is 0 Å². The highest BCUT2D eigenvalue weighted by Gasteiger charge is 2.27. The van der Waals surface area contributed by atoms with E-state index in [0.29, 0.717) is 11.3 Å². The normalized spacial score (nSPS) is 14.7. The fourth-order valence-electron chi connectivity index (χ4n) is 1.51. The molecule has 0 fully saturated rings. The first-order valence-corrected chi connectivity index (χ1v) is 4.54. The molecule has 0 bridgehead atoms. The number of hydrogen-bond donors (Lipinski definition) is 0. The van der Waals surface area contributed by atoms with E-state index in [0.717, 1.165) is 0 Å². The van der Waals surface area contributed by atoms with Crippen LogP contribution in [0.5, 0.6) is 0 Å². The smallest absolute Gasteiger partial charge is 0.228 e. The lowest BCUT2D eigenvalue weighted by Crippen LogP contribution is -2.26. The van der Waals surface area contributed by atoms with E-state index in [1.165, 1.54) is 12.3 Å². The minimum atomic E-state index is -0.199. The van der Waals surface area contributed by atoms with Gasteiger partial charge in [0.1, 0.15) is 5.69 Å². The molecule has 4 nitrogen and oxygen atoms in total. The summed E-state index contributed by atoms with van der Waals surface area (Å²) in [5, 5.41) is 0. The molecule has 1 heterocycles. The standard InChI is InChI=1S/C11H10N2O2/c1-13(2)8-6-9(14)7-4-3-5-12-10(7)11(8)15/h3-6H,1-2H3. The van der Waals surface area contributed by atoms with Gasteiger partial charge in [-0.1, -0.05) is 0 Å². The van der Waals surface area contributed by atoms with E-state index >= 15 is 0 Å². The Morgan fingerprint density at radius 3 is 2.67 bits per heavy atom. The molecular weight excluding hydrogens is 192 g/mol. The molecule has 1 aromatic rings. The van der Waals surface area contributed by atoms with Crippen molar-refractivity contribution >= 4 is 11.6 Å². The molecular formula is C11H10N2O2. The molecule has 1 aliphatic rings. The van der Waals surface area contributed by atoms with Crippen LogP contribution in [0.3, 0.4) is 0 Å². The minimum absolute atomic E-state index is 0.165. The molecule has 2 rings (SSSR count). The van der Waals surface area contributed by atoms with Crippen LogP contribution >= 0.6 is 0 Å². The van der Waals surface area contributed by atoms with Gasteiger partial charge in [-0.3, -0.25) is 14.6 Å². The maximum Gasteiger partial charge on any atom is 0.228 e. The fraction of sp³-hybridized carbons (Fsp3) is 0.182. The largest absolute Gasteiger partial charge is 0.374 e. The Hall–Kier alpha value is -1.97. The molecule has 0 aliphatic heterocycles. The van der Waals surface area contributed by atoms with Crippen molar-refractivity contribution in [2.45, 2.75) is 0 Å². The van der Waals surface area contributed by atoms with E-state index in [2.05, 4.69) is 4.98 Å². The van der Waals surface area contributed by atoms with Crippen molar-refractivity contribution in [1.29, 1.82) is 0 Å². The number of rotatable bonds is 1. The number of nitrogens with zero attached hydrogens (tertiary/aromatic N) is 2. The Morgan fingerprint density at radius 1 is 1.27 bits per heavy atom. The van der Waals surface area contributed by atoms with Crippen molar-refractivity contribution in [3.8, 4) is 0 Å². The van der Waals surface area contributed by atoms with Gasteiger partial charge in [-0.15, -0.1) is 0 Å². The van der Waals surface area contributed by atoms with Crippen molar-refractivity contribution in [3.05, 3.63) is 41.4 Å². The summed E-state index contributed by atoms with van der Waals surface area (Å²) < 4.78 is 0. The number of likely N-dealkylation sites (N-methyl/N-ethyl adjacent to an activating group) is 1. The third-order valence-electron chi connectivity index (χ3n) is 2.27. The summed E-state index contributed by atoms with van der Waals surface area (Å²) in [7, 11) is 3.45. The van der Waals surface area contributed by atoms with Crippen molar-refractivity contribution in [3.63, 3.8) is 0 Å². The number of ketones is 2. The van der Waals surface area contributed by atoms with E-state index < -0.39 is 0 Å². The predicted octanol–water partition coefficient (Wildman–Crippen LogP) is 0.906. The van der Waals surface area contributed by atoms with Crippen molar-refractivity contribution in [2.24, 2.45) is 0 Å². The summed E-state index contributed by atoms with van der Waals surface area (Å²) in [6.07, 6.45) is 2.87. The summed E-state index contributed by atoms with van der Waals surface area (Å²) in [5.41, 5.74) is 1.01. The molecule has 1 aliphatic carbocycles. The molecule has 4 heteroatoms.